The first kappa shape index (κ1) is 31.5. The van der Waals surface area contributed by atoms with Gasteiger partial charge in [-0.3, -0.25) is 9.36 Å². The molecule has 0 aliphatic heterocycles. The van der Waals surface area contributed by atoms with E-state index in [1.807, 2.05) is 0 Å². The average Bonchev–Trinajstić information content (AvgIpc) is 2.91. The Labute approximate surface area is 222 Å². The molecule has 0 unspecified atom stereocenters. The van der Waals surface area contributed by atoms with E-state index in [-0.39, 0.29) is 69.9 Å². The van der Waals surface area contributed by atoms with Crippen LogP contribution in [0.15, 0.2) is 44.2 Å². The molecule has 0 fully saturated rings. The molecular formula is C24H36N4O9S. The molecule has 2 N–H and O–H groups in total. The summed E-state index contributed by atoms with van der Waals surface area (Å²) in [6.07, 6.45) is 0. The van der Waals surface area contributed by atoms with Crippen LogP contribution >= 0.6 is 0 Å². The molecule has 0 spiro atoms. The van der Waals surface area contributed by atoms with Crippen LogP contribution in [0.5, 0.6) is 5.88 Å². The maximum Gasteiger partial charge on any atom is 0.256 e. The number of aromatic hydroxyl groups is 1. The average molecular weight is 557 g/mol. The molecule has 14 heteroatoms. The molecule has 0 atom stereocenters. The van der Waals surface area contributed by atoms with Crippen LogP contribution in [0.3, 0.4) is 0 Å². The molecule has 0 bridgehead atoms. The minimum absolute atomic E-state index is 0.0147. The Morgan fingerprint density at radius 1 is 0.947 bits per heavy atom. The van der Waals surface area contributed by atoms with E-state index in [0.29, 0.717) is 16.8 Å². The lowest BCUT2D eigenvalue weighted by Gasteiger charge is -2.21. The van der Waals surface area contributed by atoms with Gasteiger partial charge in [-0.25, -0.2) is 8.42 Å². The Bertz CT molecular complexity index is 1210. The fraction of sp³-hybridized carbons (Fsp3) is 0.542. The van der Waals surface area contributed by atoms with Gasteiger partial charge in [-0.1, -0.05) is 0 Å². The Morgan fingerprint density at radius 3 is 2.13 bits per heavy atom. The maximum atomic E-state index is 13.1. The molecule has 2 aromatic rings. The molecule has 0 amide bonds. The van der Waals surface area contributed by atoms with Crippen LogP contribution in [0, 0.1) is 6.92 Å². The summed E-state index contributed by atoms with van der Waals surface area (Å²) in [5.41, 5.74) is 0.649. The zero-order valence-corrected chi connectivity index (χ0v) is 22.9. The third kappa shape index (κ3) is 8.14. The highest BCUT2D eigenvalue weighted by atomic mass is 32.2. The zero-order chi connectivity index (χ0) is 28.1. The molecule has 0 radical (unpaired) electrons. The van der Waals surface area contributed by atoms with Crippen LogP contribution in [0.4, 0.5) is 11.4 Å². The highest BCUT2D eigenvalue weighted by molar-refractivity contribution is 7.89. The second kappa shape index (κ2) is 15.6. The zero-order valence-electron chi connectivity index (χ0n) is 22.1. The van der Waals surface area contributed by atoms with E-state index in [9.17, 15) is 18.3 Å². The van der Waals surface area contributed by atoms with Gasteiger partial charge in [-0.2, -0.15) is 9.42 Å². The minimum Gasteiger partial charge on any atom is -0.493 e. The summed E-state index contributed by atoms with van der Waals surface area (Å²) in [5, 5.41) is 28.0. The summed E-state index contributed by atoms with van der Waals surface area (Å²) < 4.78 is 49.0. The summed E-state index contributed by atoms with van der Waals surface area (Å²) >= 11 is 0. The van der Waals surface area contributed by atoms with E-state index in [0.717, 1.165) is 4.57 Å². The Morgan fingerprint density at radius 2 is 1.58 bits per heavy atom. The van der Waals surface area contributed by atoms with Crippen molar-refractivity contribution in [3.05, 3.63) is 45.7 Å². The summed E-state index contributed by atoms with van der Waals surface area (Å²) in [5.74, 6) is -0.407. The first-order chi connectivity index (χ1) is 18.2. The van der Waals surface area contributed by atoms with E-state index >= 15 is 0 Å². The van der Waals surface area contributed by atoms with Crippen LogP contribution in [-0.4, -0.2) is 95.0 Å². The van der Waals surface area contributed by atoms with Crippen LogP contribution in [0.2, 0.25) is 0 Å². The fourth-order valence-corrected chi connectivity index (χ4v) is 4.91. The molecule has 1 heterocycles. The molecule has 38 heavy (non-hydrogen) atoms. The normalized spacial score (nSPS) is 12.2. The summed E-state index contributed by atoms with van der Waals surface area (Å²) in [7, 11) is 0.642. The van der Waals surface area contributed by atoms with Crippen molar-refractivity contribution in [1.82, 2.24) is 8.87 Å². The van der Waals surface area contributed by atoms with Crippen molar-refractivity contribution < 1.29 is 37.6 Å². The molecule has 0 saturated carbocycles. The summed E-state index contributed by atoms with van der Waals surface area (Å²) in [6, 6.07) is 5.80. The molecule has 0 aliphatic rings. The van der Waals surface area contributed by atoms with E-state index in [2.05, 4.69) is 10.2 Å². The number of azo groups is 1. The molecule has 13 nitrogen and oxygen atoms in total. The van der Waals surface area contributed by atoms with Crippen molar-refractivity contribution >= 4 is 21.4 Å². The number of aromatic nitrogens is 1. The minimum atomic E-state index is -3.80. The van der Waals surface area contributed by atoms with Gasteiger partial charge in [0, 0.05) is 45.5 Å². The van der Waals surface area contributed by atoms with Crippen LogP contribution in [0.1, 0.15) is 11.1 Å². The lowest BCUT2D eigenvalue weighted by Crippen LogP contribution is -2.36. The monoisotopic (exact) mass is 556 g/mol. The molecule has 0 aliphatic carbocycles. The maximum absolute atomic E-state index is 13.1. The third-order valence-electron chi connectivity index (χ3n) is 5.59. The highest BCUT2D eigenvalue weighted by Gasteiger charge is 2.24. The van der Waals surface area contributed by atoms with Crippen molar-refractivity contribution in [3.8, 4) is 5.88 Å². The second-order valence-corrected chi connectivity index (χ2v) is 10.0. The van der Waals surface area contributed by atoms with Crippen LogP contribution < -0.4 is 5.56 Å². The van der Waals surface area contributed by atoms with Crippen molar-refractivity contribution in [2.24, 2.45) is 10.2 Å². The number of sulfonamides is 1. The van der Waals surface area contributed by atoms with Gasteiger partial charge in [-0.05, 0) is 31.2 Å². The number of aliphatic hydroxyl groups is 1. The van der Waals surface area contributed by atoms with E-state index < -0.39 is 21.5 Å². The SMILES string of the molecule is COCCN(CCOC)S(=O)(=O)c1ccc(/N=N/c2c(COC)c(C)c(=O)n(CCOCCO)c2O)cc1. The number of rotatable bonds is 17. The molecule has 212 valence electrons. The molecule has 1 aromatic carbocycles. The quantitative estimate of drug-likeness (QED) is 0.218. The highest BCUT2D eigenvalue weighted by Crippen LogP contribution is 2.33. The number of ether oxygens (including phenoxy) is 4. The Balaban J connectivity index is 2.37. The third-order valence-corrected chi connectivity index (χ3v) is 7.50. The fourth-order valence-electron chi connectivity index (χ4n) is 3.50. The van der Waals surface area contributed by atoms with E-state index in [4.69, 9.17) is 24.1 Å². The van der Waals surface area contributed by atoms with Gasteiger partial charge in [0.05, 0.1) is 56.8 Å². The lowest BCUT2D eigenvalue weighted by atomic mass is 10.1. The first-order valence-corrected chi connectivity index (χ1v) is 13.3. The van der Waals surface area contributed by atoms with Crippen molar-refractivity contribution in [3.63, 3.8) is 0 Å². The van der Waals surface area contributed by atoms with Gasteiger partial charge in [0.15, 0.2) is 5.69 Å². The Hall–Kier alpha value is -2.72. The predicted octanol–water partition coefficient (Wildman–Crippen LogP) is 1.72. The number of pyridine rings is 1. The summed E-state index contributed by atoms with van der Waals surface area (Å²) in [6.45, 7) is 2.49. The van der Waals surface area contributed by atoms with Gasteiger partial charge < -0.3 is 29.2 Å². The Kier molecular flexibility index (Phi) is 13.0. The van der Waals surface area contributed by atoms with Gasteiger partial charge in [0.1, 0.15) is 0 Å². The topological polar surface area (TPSA) is 161 Å². The number of hydrogen-bond acceptors (Lipinski definition) is 11. The van der Waals surface area contributed by atoms with Crippen LogP contribution in [-0.2, 0) is 42.1 Å². The standard InChI is InChI=1S/C24H36N4O9S/c1-18-21(17-36-4)22(24(31)28(23(18)30)11-15-37-16-12-29)26-25-19-5-7-20(8-6-19)38(32,33)27(9-13-34-2)10-14-35-3/h5-8,29,31H,9-17H2,1-4H3/b26-25+. The van der Waals surface area contributed by atoms with E-state index in [1.165, 1.54) is 49.9 Å². The van der Waals surface area contributed by atoms with Crippen LogP contribution in [0.25, 0.3) is 0 Å². The number of nitrogens with zero attached hydrogens (tertiary/aromatic N) is 4. The second-order valence-electron chi connectivity index (χ2n) is 8.09. The molecular weight excluding hydrogens is 520 g/mol. The van der Waals surface area contributed by atoms with Crippen molar-refractivity contribution in [2.75, 3.05) is 67.5 Å². The van der Waals surface area contributed by atoms with Crippen molar-refractivity contribution in [2.45, 2.75) is 25.0 Å². The number of benzene rings is 1. The van der Waals surface area contributed by atoms with Crippen molar-refractivity contribution in [1.29, 1.82) is 0 Å². The smallest absolute Gasteiger partial charge is 0.256 e. The van der Waals surface area contributed by atoms with Gasteiger partial charge in [0.2, 0.25) is 15.9 Å². The van der Waals surface area contributed by atoms with Gasteiger partial charge in [0.25, 0.3) is 5.56 Å². The largest absolute Gasteiger partial charge is 0.493 e. The lowest BCUT2D eigenvalue weighted by molar-refractivity contribution is 0.0853. The van der Waals surface area contributed by atoms with Gasteiger partial charge in [-0.15, -0.1) is 5.11 Å². The summed E-state index contributed by atoms with van der Waals surface area (Å²) in [4.78, 5) is 12.9. The molecule has 1 aromatic heterocycles. The predicted molar refractivity (Wildman–Crippen MR) is 139 cm³/mol. The number of methoxy groups -OCH3 is 3. The van der Waals surface area contributed by atoms with E-state index in [1.54, 1.807) is 6.92 Å². The molecule has 2 rings (SSSR count). The van der Waals surface area contributed by atoms with Gasteiger partial charge >= 0.3 is 0 Å². The number of aliphatic hydroxyl groups excluding tert-OH is 1. The first-order valence-electron chi connectivity index (χ1n) is 11.9. The number of hydrogen-bond donors (Lipinski definition) is 2. The molecule has 0 saturated heterocycles.